The standard InChI is InChI=1S/C8H6FNOS/c1-11-7-4-2-3-6(9)8(7)10-5-12/h2-4H,1H3. The van der Waals surface area contributed by atoms with Crippen molar-refractivity contribution in [2.45, 2.75) is 0 Å². The number of aliphatic imine (C=N–C) groups is 1. The third-order valence-corrected chi connectivity index (χ3v) is 1.42. The Labute approximate surface area is 74.7 Å². The minimum absolute atomic E-state index is 0.0926. The van der Waals surface area contributed by atoms with E-state index in [0.29, 0.717) is 5.75 Å². The molecule has 0 amide bonds. The van der Waals surface area contributed by atoms with Gasteiger partial charge in [0.25, 0.3) is 0 Å². The Morgan fingerprint density at radius 1 is 1.58 bits per heavy atom. The van der Waals surface area contributed by atoms with Crippen molar-refractivity contribution in [2.24, 2.45) is 4.99 Å². The van der Waals surface area contributed by atoms with E-state index in [0.717, 1.165) is 0 Å². The summed E-state index contributed by atoms with van der Waals surface area (Å²) in [5.41, 5.74) is 0.0926. The van der Waals surface area contributed by atoms with Crippen LogP contribution in [-0.4, -0.2) is 12.3 Å². The Morgan fingerprint density at radius 2 is 2.33 bits per heavy atom. The van der Waals surface area contributed by atoms with Gasteiger partial charge in [0.1, 0.15) is 5.75 Å². The van der Waals surface area contributed by atoms with Gasteiger partial charge in [0, 0.05) is 0 Å². The molecule has 0 unspecified atom stereocenters. The largest absolute Gasteiger partial charge is 0.494 e. The molecule has 0 radical (unpaired) electrons. The molecule has 4 heteroatoms. The quantitative estimate of drug-likeness (QED) is 0.519. The topological polar surface area (TPSA) is 21.6 Å². The molecule has 12 heavy (non-hydrogen) atoms. The van der Waals surface area contributed by atoms with E-state index in [1.54, 1.807) is 6.07 Å². The average molecular weight is 183 g/mol. The molecule has 0 aliphatic heterocycles. The number of methoxy groups -OCH3 is 1. The highest BCUT2D eigenvalue weighted by Gasteiger charge is 2.05. The van der Waals surface area contributed by atoms with E-state index in [-0.39, 0.29) is 5.69 Å². The SMILES string of the molecule is COc1cccc(F)c1N=C=S. The van der Waals surface area contributed by atoms with Gasteiger partial charge in [0.2, 0.25) is 0 Å². The number of thiocarbonyl (C=S) groups is 1. The van der Waals surface area contributed by atoms with Crippen LogP contribution < -0.4 is 4.74 Å². The number of isothiocyanates is 1. The second kappa shape index (κ2) is 3.95. The molecule has 2 nitrogen and oxygen atoms in total. The van der Waals surface area contributed by atoms with Crippen LogP contribution in [0.5, 0.6) is 5.75 Å². The highest BCUT2D eigenvalue weighted by Crippen LogP contribution is 2.29. The van der Waals surface area contributed by atoms with Crippen molar-refractivity contribution in [1.82, 2.24) is 0 Å². The third-order valence-electron chi connectivity index (χ3n) is 1.33. The van der Waals surface area contributed by atoms with Crippen LogP contribution in [0.15, 0.2) is 23.2 Å². The van der Waals surface area contributed by atoms with Gasteiger partial charge in [0.15, 0.2) is 11.5 Å². The van der Waals surface area contributed by atoms with Crippen molar-refractivity contribution in [3.8, 4) is 5.75 Å². The molecule has 0 heterocycles. The van der Waals surface area contributed by atoms with Gasteiger partial charge < -0.3 is 4.74 Å². The van der Waals surface area contributed by atoms with Crippen LogP contribution >= 0.6 is 12.2 Å². The fourth-order valence-corrected chi connectivity index (χ4v) is 0.906. The van der Waals surface area contributed by atoms with Crippen LogP contribution in [-0.2, 0) is 0 Å². The summed E-state index contributed by atoms with van der Waals surface area (Å²) < 4.78 is 17.8. The first-order valence-corrected chi connectivity index (χ1v) is 3.60. The lowest BCUT2D eigenvalue weighted by Crippen LogP contribution is -1.85. The minimum Gasteiger partial charge on any atom is -0.494 e. The first-order chi connectivity index (χ1) is 5.79. The zero-order valence-electron chi connectivity index (χ0n) is 6.37. The van der Waals surface area contributed by atoms with E-state index in [1.807, 2.05) is 0 Å². The lowest BCUT2D eigenvalue weighted by atomic mass is 10.3. The molecule has 1 rings (SSSR count). The van der Waals surface area contributed by atoms with Crippen molar-refractivity contribution in [1.29, 1.82) is 0 Å². The number of rotatable bonds is 2. The van der Waals surface area contributed by atoms with E-state index in [9.17, 15) is 4.39 Å². The molecule has 0 saturated heterocycles. The summed E-state index contributed by atoms with van der Waals surface area (Å²) in [4.78, 5) is 3.54. The predicted molar refractivity (Wildman–Crippen MR) is 47.6 cm³/mol. The normalized spacial score (nSPS) is 8.83. The number of hydrogen-bond donors (Lipinski definition) is 0. The van der Waals surface area contributed by atoms with Crippen molar-refractivity contribution in [3.63, 3.8) is 0 Å². The molecule has 0 aliphatic rings. The molecular weight excluding hydrogens is 177 g/mol. The van der Waals surface area contributed by atoms with Crippen LogP contribution in [0.3, 0.4) is 0 Å². The highest BCUT2D eigenvalue weighted by atomic mass is 32.1. The fraction of sp³-hybridized carbons (Fsp3) is 0.125. The number of hydrogen-bond acceptors (Lipinski definition) is 3. The van der Waals surface area contributed by atoms with Gasteiger partial charge >= 0.3 is 0 Å². The molecular formula is C8H6FNOS. The number of para-hydroxylation sites is 1. The smallest absolute Gasteiger partial charge is 0.153 e. The van der Waals surface area contributed by atoms with Crippen LogP contribution in [0.4, 0.5) is 10.1 Å². The van der Waals surface area contributed by atoms with Gasteiger partial charge in [-0.15, -0.1) is 0 Å². The number of halogens is 1. The zero-order valence-corrected chi connectivity index (χ0v) is 7.19. The maximum atomic E-state index is 13.0. The van der Waals surface area contributed by atoms with Gasteiger partial charge in [-0.25, -0.2) is 4.39 Å². The van der Waals surface area contributed by atoms with Gasteiger partial charge in [0.05, 0.1) is 12.3 Å². The summed E-state index contributed by atoms with van der Waals surface area (Å²) in [5, 5.41) is 2.09. The van der Waals surface area contributed by atoms with Gasteiger partial charge in [-0.1, -0.05) is 6.07 Å². The van der Waals surface area contributed by atoms with Crippen LogP contribution in [0.1, 0.15) is 0 Å². The lowest BCUT2D eigenvalue weighted by Gasteiger charge is -2.02. The van der Waals surface area contributed by atoms with Crippen molar-refractivity contribution >= 4 is 23.1 Å². The Bertz CT molecular complexity index is 334. The molecule has 0 spiro atoms. The van der Waals surface area contributed by atoms with Gasteiger partial charge in [-0.05, 0) is 24.4 Å². The second-order valence-electron chi connectivity index (χ2n) is 1.99. The van der Waals surface area contributed by atoms with Gasteiger partial charge in [-0.2, -0.15) is 4.99 Å². The molecule has 0 N–H and O–H groups in total. The Balaban J connectivity index is 3.28. The fourth-order valence-electron chi connectivity index (χ4n) is 0.814. The third kappa shape index (κ3) is 1.67. The van der Waals surface area contributed by atoms with Crippen molar-refractivity contribution in [3.05, 3.63) is 24.0 Å². The average Bonchev–Trinajstić information content (AvgIpc) is 2.09. The molecule has 0 aromatic heterocycles. The highest BCUT2D eigenvalue weighted by molar-refractivity contribution is 7.78. The maximum absolute atomic E-state index is 13.0. The Kier molecular flexibility index (Phi) is 2.91. The second-order valence-corrected chi connectivity index (χ2v) is 2.18. The first kappa shape index (κ1) is 8.84. The van der Waals surface area contributed by atoms with E-state index in [2.05, 4.69) is 22.4 Å². The number of benzene rings is 1. The van der Waals surface area contributed by atoms with E-state index in [1.165, 1.54) is 19.2 Å². The molecule has 0 fully saturated rings. The van der Waals surface area contributed by atoms with Crippen LogP contribution in [0.2, 0.25) is 0 Å². The predicted octanol–water partition coefficient (Wildman–Crippen LogP) is 2.57. The van der Waals surface area contributed by atoms with E-state index >= 15 is 0 Å². The molecule has 1 aromatic carbocycles. The van der Waals surface area contributed by atoms with Crippen molar-refractivity contribution < 1.29 is 9.13 Å². The first-order valence-electron chi connectivity index (χ1n) is 3.20. The summed E-state index contributed by atoms with van der Waals surface area (Å²) in [6, 6.07) is 4.43. The Morgan fingerprint density at radius 3 is 2.92 bits per heavy atom. The molecule has 0 saturated carbocycles. The van der Waals surface area contributed by atoms with Crippen LogP contribution in [0.25, 0.3) is 0 Å². The van der Waals surface area contributed by atoms with E-state index < -0.39 is 5.82 Å². The number of ether oxygens (including phenoxy) is 1. The molecule has 0 bridgehead atoms. The van der Waals surface area contributed by atoms with Gasteiger partial charge in [-0.3, -0.25) is 0 Å². The summed E-state index contributed by atoms with van der Waals surface area (Å²) >= 11 is 4.36. The molecule has 0 atom stereocenters. The minimum atomic E-state index is -0.466. The summed E-state index contributed by atoms with van der Waals surface area (Å²) in [6.45, 7) is 0. The number of nitrogens with zero attached hydrogens (tertiary/aromatic N) is 1. The summed E-state index contributed by atoms with van der Waals surface area (Å²) in [6.07, 6.45) is 0. The monoisotopic (exact) mass is 183 g/mol. The zero-order chi connectivity index (χ0) is 8.97. The Hall–Kier alpha value is -1.25. The summed E-state index contributed by atoms with van der Waals surface area (Å²) in [7, 11) is 1.44. The maximum Gasteiger partial charge on any atom is 0.153 e. The van der Waals surface area contributed by atoms with Crippen molar-refractivity contribution in [2.75, 3.05) is 7.11 Å². The lowest BCUT2D eigenvalue weighted by molar-refractivity contribution is 0.413. The van der Waals surface area contributed by atoms with Crippen LogP contribution in [0, 0.1) is 5.82 Å². The summed E-state index contributed by atoms with van der Waals surface area (Å²) in [5.74, 6) is -0.112. The molecule has 62 valence electrons. The molecule has 1 aromatic rings. The molecule has 0 aliphatic carbocycles. The van der Waals surface area contributed by atoms with E-state index in [4.69, 9.17) is 4.74 Å².